The fraction of sp³-hybridized carbons (Fsp3) is 0.579. The van der Waals surface area contributed by atoms with Gasteiger partial charge in [0.1, 0.15) is 0 Å². The Balaban J connectivity index is 1.28. The van der Waals surface area contributed by atoms with Gasteiger partial charge >= 0.3 is 0 Å². The standard InChI is InChI=1S/C19H24N2O3/c22-18(20-11-15-6-3-9-24-15)16-10-17(16)19(23)21-8-7-13-4-1-2-5-14(13)12-21/h1-2,4-5,15-17H,3,6-12H2,(H,20,22). The molecule has 3 unspecified atom stereocenters. The van der Waals surface area contributed by atoms with Gasteiger partial charge in [-0.2, -0.15) is 0 Å². The monoisotopic (exact) mass is 328 g/mol. The van der Waals surface area contributed by atoms with Gasteiger partial charge in [0, 0.05) is 26.2 Å². The molecule has 2 aliphatic heterocycles. The second kappa shape index (κ2) is 6.55. The Hall–Kier alpha value is -1.88. The van der Waals surface area contributed by atoms with Crippen molar-refractivity contribution in [1.82, 2.24) is 10.2 Å². The van der Waals surface area contributed by atoms with Crippen molar-refractivity contribution in [2.45, 2.75) is 38.3 Å². The van der Waals surface area contributed by atoms with E-state index in [9.17, 15) is 9.59 Å². The van der Waals surface area contributed by atoms with Crippen LogP contribution in [0.15, 0.2) is 24.3 Å². The average molecular weight is 328 g/mol. The van der Waals surface area contributed by atoms with Gasteiger partial charge in [0.05, 0.1) is 17.9 Å². The summed E-state index contributed by atoms with van der Waals surface area (Å²) in [6, 6.07) is 8.29. The van der Waals surface area contributed by atoms with E-state index in [-0.39, 0.29) is 29.8 Å². The van der Waals surface area contributed by atoms with E-state index in [4.69, 9.17) is 4.74 Å². The van der Waals surface area contributed by atoms with Crippen LogP contribution in [0.25, 0.3) is 0 Å². The van der Waals surface area contributed by atoms with Crippen molar-refractivity contribution >= 4 is 11.8 Å². The number of ether oxygens (including phenoxy) is 1. The van der Waals surface area contributed by atoms with Gasteiger partial charge < -0.3 is 15.0 Å². The zero-order chi connectivity index (χ0) is 16.5. The van der Waals surface area contributed by atoms with Crippen molar-refractivity contribution < 1.29 is 14.3 Å². The highest BCUT2D eigenvalue weighted by molar-refractivity contribution is 5.92. The SMILES string of the molecule is O=C(NCC1CCCO1)C1CC1C(=O)N1CCc2ccccc2C1. The van der Waals surface area contributed by atoms with Crippen LogP contribution in [-0.2, 0) is 27.3 Å². The molecule has 1 aliphatic carbocycles. The van der Waals surface area contributed by atoms with Crippen LogP contribution < -0.4 is 5.32 Å². The molecule has 1 N–H and O–H groups in total. The van der Waals surface area contributed by atoms with Crippen LogP contribution in [-0.4, -0.2) is 42.5 Å². The van der Waals surface area contributed by atoms with Crippen LogP contribution in [0.3, 0.4) is 0 Å². The fourth-order valence-electron chi connectivity index (χ4n) is 3.83. The lowest BCUT2D eigenvalue weighted by molar-refractivity contribution is -0.135. The van der Waals surface area contributed by atoms with Crippen LogP contribution in [0.5, 0.6) is 0 Å². The normalized spacial score (nSPS) is 28.3. The Morgan fingerprint density at radius 1 is 1.21 bits per heavy atom. The van der Waals surface area contributed by atoms with Crippen LogP contribution in [0, 0.1) is 11.8 Å². The van der Waals surface area contributed by atoms with E-state index in [2.05, 4.69) is 17.4 Å². The molecule has 2 heterocycles. The van der Waals surface area contributed by atoms with Gasteiger partial charge in [-0.05, 0) is 36.8 Å². The van der Waals surface area contributed by atoms with Gasteiger partial charge in [-0.15, -0.1) is 0 Å². The number of hydrogen-bond acceptors (Lipinski definition) is 3. The molecule has 2 fully saturated rings. The molecule has 24 heavy (non-hydrogen) atoms. The van der Waals surface area contributed by atoms with E-state index >= 15 is 0 Å². The molecule has 1 saturated carbocycles. The molecular weight excluding hydrogens is 304 g/mol. The van der Waals surface area contributed by atoms with Crippen LogP contribution >= 0.6 is 0 Å². The molecule has 0 spiro atoms. The lowest BCUT2D eigenvalue weighted by Crippen LogP contribution is -2.38. The van der Waals surface area contributed by atoms with Gasteiger partial charge in [0.25, 0.3) is 0 Å². The van der Waals surface area contributed by atoms with Gasteiger partial charge in [0.2, 0.25) is 11.8 Å². The van der Waals surface area contributed by atoms with Gasteiger partial charge in [-0.3, -0.25) is 9.59 Å². The second-order valence-electron chi connectivity index (χ2n) is 7.11. The zero-order valence-corrected chi connectivity index (χ0v) is 13.9. The van der Waals surface area contributed by atoms with Gasteiger partial charge in [0.15, 0.2) is 0 Å². The molecule has 2 amide bonds. The summed E-state index contributed by atoms with van der Waals surface area (Å²) in [4.78, 5) is 26.8. The van der Waals surface area contributed by atoms with E-state index in [1.165, 1.54) is 11.1 Å². The molecule has 128 valence electrons. The predicted octanol–water partition coefficient (Wildman–Crippen LogP) is 1.50. The molecule has 5 nitrogen and oxygen atoms in total. The number of nitrogens with one attached hydrogen (secondary N) is 1. The third kappa shape index (κ3) is 3.18. The first-order valence-corrected chi connectivity index (χ1v) is 8.97. The third-order valence-corrected chi connectivity index (χ3v) is 5.41. The van der Waals surface area contributed by atoms with Gasteiger partial charge in [-0.1, -0.05) is 24.3 Å². The summed E-state index contributed by atoms with van der Waals surface area (Å²) >= 11 is 0. The minimum absolute atomic E-state index is 0.0151. The molecule has 4 rings (SSSR count). The number of fused-ring (bicyclic) bond motifs is 1. The lowest BCUT2D eigenvalue weighted by Gasteiger charge is -2.29. The van der Waals surface area contributed by atoms with Crippen molar-refractivity contribution in [3.63, 3.8) is 0 Å². The highest BCUT2D eigenvalue weighted by atomic mass is 16.5. The minimum atomic E-state index is -0.143. The number of nitrogens with zero attached hydrogens (tertiary/aromatic N) is 1. The fourth-order valence-corrected chi connectivity index (χ4v) is 3.83. The number of hydrogen-bond donors (Lipinski definition) is 1. The van der Waals surface area contributed by atoms with Crippen molar-refractivity contribution in [2.24, 2.45) is 11.8 Å². The first-order valence-electron chi connectivity index (χ1n) is 8.97. The summed E-state index contributed by atoms with van der Waals surface area (Å²) in [5.41, 5.74) is 2.57. The molecule has 0 bridgehead atoms. The smallest absolute Gasteiger partial charge is 0.226 e. The van der Waals surface area contributed by atoms with E-state index in [0.29, 0.717) is 19.5 Å². The number of carbonyl (C=O) groups is 2. The van der Waals surface area contributed by atoms with E-state index in [1.807, 2.05) is 17.0 Å². The predicted molar refractivity (Wildman–Crippen MR) is 89.1 cm³/mol. The number of benzene rings is 1. The molecule has 3 atom stereocenters. The summed E-state index contributed by atoms with van der Waals surface area (Å²) in [6.45, 7) is 2.81. The maximum atomic E-state index is 12.7. The molecule has 1 aromatic carbocycles. The molecule has 3 aliphatic rings. The van der Waals surface area contributed by atoms with Crippen molar-refractivity contribution in [2.75, 3.05) is 19.7 Å². The Morgan fingerprint density at radius 3 is 2.83 bits per heavy atom. The maximum absolute atomic E-state index is 12.7. The highest BCUT2D eigenvalue weighted by Crippen LogP contribution is 2.41. The average Bonchev–Trinajstić information content (AvgIpc) is 3.25. The summed E-state index contributed by atoms with van der Waals surface area (Å²) in [5, 5.41) is 2.96. The van der Waals surface area contributed by atoms with E-state index in [1.54, 1.807) is 0 Å². The quantitative estimate of drug-likeness (QED) is 0.911. The zero-order valence-electron chi connectivity index (χ0n) is 13.9. The molecule has 1 aromatic rings. The van der Waals surface area contributed by atoms with Crippen LogP contribution in [0.1, 0.15) is 30.4 Å². The summed E-state index contributed by atoms with van der Waals surface area (Å²) < 4.78 is 5.52. The Bertz CT molecular complexity index is 639. The van der Waals surface area contributed by atoms with Crippen molar-refractivity contribution in [1.29, 1.82) is 0 Å². The highest BCUT2D eigenvalue weighted by Gasteiger charge is 2.49. The minimum Gasteiger partial charge on any atom is -0.376 e. The molecular formula is C19H24N2O3. The molecule has 0 radical (unpaired) electrons. The van der Waals surface area contributed by atoms with E-state index in [0.717, 1.165) is 32.4 Å². The first-order chi connectivity index (χ1) is 11.7. The first kappa shape index (κ1) is 15.6. The number of carbonyl (C=O) groups excluding carboxylic acids is 2. The largest absolute Gasteiger partial charge is 0.376 e. The molecule has 0 aromatic heterocycles. The number of rotatable bonds is 4. The Kier molecular flexibility index (Phi) is 4.27. The Morgan fingerprint density at radius 2 is 2.04 bits per heavy atom. The second-order valence-corrected chi connectivity index (χ2v) is 7.11. The molecule has 1 saturated heterocycles. The van der Waals surface area contributed by atoms with Gasteiger partial charge in [-0.25, -0.2) is 0 Å². The Labute approximate surface area is 142 Å². The van der Waals surface area contributed by atoms with Crippen LogP contribution in [0.2, 0.25) is 0 Å². The lowest BCUT2D eigenvalue weighted by atomic mass is 9.99. The summed E-state index contributed by atoms with van der Waals surface area (Å²) in [7, 11) is 0. The van der Waals surface area contributed by atoms with Crippen LogP contribution in [0.4, 0.5) is 0 Å². The topological polar surface area (TPSA) is 58.6 Å². The maximum Gasteiger partial charge on any atom is 0.226 e. The summed E-state index contributed by atoms with van der Waals surface area (Å²) in [5.74, 6) is -0.112. The van der Waals surface area contributed by atoms with Crippen molar-refractivity contribution in [3.05, 3.63) is 35.4 Å². The third-order valence-electron chi connectivity index (χ3n) is 5.41. The number of amides is 2. The molecule has 5 heteroatoms. The summed E-state index contributed by atoms with van der Waals surface area (Å²) in [6.07, 6.45) is 3.83. The van der Waals surface area contributed by atoms with E-state index < -0.39 is 0 Å². The van der Waals surface area contributed by atoms with Crippen molar-refractivity contribution in [3.8, 4) is 0 Å².